The molecule has 1 unspecified atom stereocenters. The van der Waals surface area contributed by atoms with E-state index in [1.807, 2.05) is 0 Å². The van der Waals surface area contributed by atoms with Gasteiger partial charge in [-0.15, -0.1) is 0 Å². The number of nitrogens with zero attached hydrogens (tertiary/aromatic N) is 2. The van der Waals surface area contributed by atoms with Crippen LogP contribution in [-0.2, 0) is 11.3 Å². The molecule has 2 aromatic rings. The van der Waals surface area contributed by atoms with Gasteiger partial charge >= 0.3 is 6.03 Å². The molecule has 0 radical (unpaired) electrons. The van der Waals surface area contributed by atoms with Crippen molar-refractivity contribution in [2.75, 3.05) is 19.0 Å². The SMILES string of the molecule is COc1ccccc1C(O)CNC(=O)Nc1cnn(CC(N)=O)c1. The number of carbonyl (C=O) groups excluding carboxylic acids is 2. The van der Waals surface area contributed by atoms with E-state index in [-0.39, 0.29) is 13.1 Å². The summed E-state index contributed by atoms with van der Waals surface area (Å²) in [6.07, 6.45) is 1.95. The Bertz CT molecular complexity index is 715. The fraction of sp³-hybridized carbons (Fsp3) is 0.267. The van der Waals surface area contributed by atoms with Gasteiger partial charge in [-0.25, -0.2) is 4.79 Å². The maximum absolute atomic E-state index is 11.8. The van der Waals surface area contributed by atoms with Crippen molar-refractivity contribution in [1.29, 1.82) is 0 Å². The van der Waals surface area contributed by atoms with Crippen LogP contribution in [0.4, 0.5) is 10.5 Å². The van der Waals surface area contributed by atoms with Gasteiger partial charge in [0, 0.05) is 18.3 Å². The van der Waals surface area contributed by atoms with Gasteiger partial charge in [0.2, 0.25) is 5.91 Å². The number of carbonyl (C=O) groups is 2. The maximum atomic E-state index is 11.8. The smallest absolute Gasteiger partial charge is 0.319 e. The fourth-order valence-electron chi connectivity index (χ4n) is 2.09. The lowest BCUT2D eigenvalue weighted by Gasteiger charge is -2.15. The summed E-state index contributed by atoms with van der Waals surface area (Å²) in [5.74, 6) is 0.00830. The zero-order valence-corrected chi connectivity index (χ0v) is 13.1. The molecule has 1 heterocycles. The van der Waals surface area contributed by atoms with Crippen LogP contribution in [0, 0.1) is 0 Å². The van der Waals surface area contributed by atoms with Gasteiger partial charge in [0.1, 0.15) is 12.3 Å². The summed E-state index contributed by atoms with van der Waals surface area (Å²) in [6, 6.07) is 6.50. The number of aliphatic hydroxyl groups excluding tert-OH is 1. The van der Waals surface area contributed by atoms with Crippen molar-refractivity contribution >= 4 is 17.6 Å². The van der Waals surface area contributed by atoms with Crippen molar-refractivity contribution in [3.05, 3.63) is 42.2 Å². The van der Waals surface area contributed by atoms with Crippen molar-refractivity contribution in [3.63, 3.8) is 0 Å². The number of hydrogen-bond acceptors (Lipinski definition) is 5. The first-order valence-corrected chi connectivity index (χ1v) is 7.16. The Balaban J connectivity index is 1.86. The minimum absolute atomic E-state index is 0.00162. The summed E-state index contributed by atoms with van der Waals surface area (Å²) < 4.78 is 6.47. The molecule has 0 bridgehead atoms. The normalized spacial score (nSPS) is 11.6. The molecule has 0 fully saturated rings. The highest BCUT2D eigenvalue weighted by Crippen LogP contribution is 2.23. The van der Waals surface area contributed by atoms with Crippen molar-refractivity contribution in [2.24, 2.45) is 5.73 Å². The van der Waals surface area contributed by atoms with Crippen molar-refractivity contribution < 1.29 is 19.4 Å². The second kappa shape index (κ2) is 7.97. The van der Waals surface area contributed by atoms with E-state index in [1.54, 1.807) is 24.3 Å². The number of para-hydroxylation sites is 1. The predicted octanol–water partition coefficient (Wildman–Crippen LogP) is 0.232. The number of urea groups is 1. The highest BCUT2D eigenvalue weighted by atomic mass is 16.5. The number of nitrogens with two attached hydrogens (primary N) is 1. The Morgan fingerprint density at radius 2 is 2.17 bits per heavy atom. The van der Waals surface area contributed by atoms with E-state index >= 15 is 0 Å². The number of aromatic nitrogens is 2. The first kappa shape index (κ1) is 17.3. The summed E-state index contributed by atoms with van der Waals surface area (Å²) >= 11 is 0. The predicted molar refractivity (Wildman–Crippen MR) is 86.4 cm³/mol. The number of rotatable bonds is 7. The van der Waals surface area contributed by atoms with Gasteiger partial charge in [-0.05, 0) is 6.07 Å². The lowest BCUT2D eigenvalue weighted by Crippen LogP contribution is -2.32. The number of methoxy groups -OCH3 is 1. The van der Waals surface area contributed by atoms with Crippen LogP contribution in [0.3, 0.4) is 0 Å². The van der Waals surface area contributed by atoms with Gasteiger partial charge in [0.15, 0.2) is 0 Å². The number of hydrogen-bond donors (Lipinski definition) is 4. The number of nitrogens with one attached hydrogen (secondary N) is 2. The molecular formula is C15H19N5O4. The Hall–Kier alpha value is -3.07. The number of benzene rings is 1. The third-order valence-electron chi connectivity index (χ3n) is 3.16. The topological polar surface area (TPSA) is 132 Å². The fourth-order valence-corrected chi connectivity index (χ4v) is 2.09. The molecule has 0 spiro atoms. The van der Waals surface area contributed by atoms with Gasteiger partial charge in [0.25, 0.3) is 0 Å². The van der Waals surface area contributed by atoms with Crippen LogP contribution in [0.5, 0.6) is 5.75 Å². The van der Waals surface area contributed by atoms with E-state index in [1.165, 1.54) is 24.2 Å². The Kier molecular flexibility index (Phi) is 5.74. The summed E-state index contributed by atoms with van der Waals surface area (Å²) in [5.41, 5.74) is 6.04. The molecule has 1 aromatic heterocycles. The quantitative estimate of drug-likeness (QED) is 0.576. The Morgan fingerprint density at radius 1 is 1.42 bits per heavy atom. The molecule has 3 amide bonds. The molecule has 0 aliphatic heterocycles. The van der Waals surface area contributed by atoms with E-state index < -0.39 is 18.0 Å². The second-order valence-electron chi connectivity index (χ2n) is 4.99. The van der Waals surface area contributed by atoms with Crippen molar-refractivity contribution in [1.82, 2.24) is 15.1 Å². The van der Waals surface area contributed by atoms with Crippen LogP contribution in [0.15, 0.2) is 36.7 Å². The molecule has 1 atom stereocenters. The molecule has 0 aliphatic carbocycles. The molecule has 0 saturated heterocycles. The number of primary amides is 1. The van der Waals surface area contributed by atoms with E-state index in [4.69, 9.17) is 10.5 Å². The second-order valence-corrected chi connectivity index (χ2v) is 4.99. The van der Waals surface area contributed by atoms with Crippen molar-refractivity contribution in [2.45, 2.75) is 12.6 Å². The van der Waals surface area contributed by atoms with Crippen LogP contribution in [0.1, 0.15) is 11.7 Å². The van der Waals surface area contributed by atoms with E-state index in [9.17, 15) is 14.7 Å². The van der Waals surface area contributed by atoms with Crippen LogP contribution in [0.25, 0.3) is 0 Å². The standard InChI is InChI=1S/C15H19N5O4/c1-24-13-5-3-2-4-11(13)12(21)7-17-15(23)19-10-6-18-20(8-10)9-14(16)22/h2-6,8,12,21H,7,9H2,1H3,(H2,16,22)(H2,17,19,23). The van der Waals surface area contributed by atoms with Crippen LogP contribution in [0.2, 0.25) is 0 Å². The van der Waals surface area contributed by atoms with E-state index in [0.29, 0.717) is 17.0 Å². The number of amides is 3. The van der Waals surface area contributed by atoms with Crippen LogP contribution in [-0.4, -0.2) is 40.5 Å². The number of anilines is 1. The maximum Gasteiger partial charge on any atom is 0.319 e. The molecule has 1 aromatic carbocycles. The molecule has 24 heavy (non-hydrogen) atoms. The Labute approximate surface area is 138 Å². The van der Waals surface area contributed by atoms with Crippen LogP contribution < -0.4 is 21.1 Å². The molecular weight excluding hydrogens is 314 g/mol. The molecule has 0 saturated carbocycles. The first-order chi connectivity index (χ1) is 11.5. The van der Waals surface area contributed by atoms with Gasteiger partial charge < -0.3 is 26.2 Å². The average molecular weight is 333 g/mol. The monoisotopic (exact) mass is 333 g/mol. The van der Waals surface area contributed by atoms with Gasteiger partial charge in [-0.1, -0.05) is 18.2 Å². The van der Waals surface area contributed by atoms with E-state index in [0.717, 1.165) is 0 Å². The molecule has 9 heteroatoms. The molecule has 2 rings (SSSR count). The molecule has 9 nitrogen and oxygen atoms in total. The molecule has 128 valence electrons. The summed E-state index contributed by atoms with van der Waals surface area (Å²) in [7, 11) is 1.51. The van der Waals surface area contributed by atoms with E-state index in [2.05, 4.69) is 15.7 Å². The highest BCUT2D eigenvalue weighted by Gasteiger charge is 2.14. The van der Waals surface area contributed by atoms with Gasteiger partial charge in [-0.2, -0.15) is 5.10 Å². The Morgan fingerprint density at radius 3 is 2.88 bits per heavy atom. The lowest BCUT2D eigenvalue weighted by atomic mass is 10.1. The van der Waals surface area contributed by atoms with Gasteiger partial charge in [-0.3, -0.25) is 9.48 Å². The minimum Gasteiger partial charge on any atom is -0.496 e. The summed E-state index contributed by atoms with van der Waals surface area (Å²) in [4.78, 5) is 22.6. The van der Waals surface area contributed by atoms with Gasteiger partial charge in [0.05, 0.1) is 25.1 Å². The zero-order chi connectivity index (χ0) is 17.5. The largest absolute Gasteiger partial charge is 0.496 e. The number of ether oxygens (including phenoxy) is 1. The third-order valence-corrected chi connectivity index (χ3v) is 3.16. The van der Waals surface area contributed by atoms with Crippen LogP contribution >= 0.6 is 0 Å². The molecule has 5 N–H and O–H groups in total. The number of aliphatic hydroxyl groups is 1. The summed E-state index contributed by atoms with van der Waals surface area (Å²) in [6.45, 7) is -0.0720. The lowest BCUT2D eigenvalue weighted by molar-refractivity contribution is -0.118. The average Bonchev–Trinajstić information content (AvgIpc) is 2.98. The summed E-state index contributed by atoms with van der Waals surface area (Å²) in [5, 5.41) is 19.1. The zero-order valence-electron chi connectivity index (χ0n) is 13.1. The first-order valence-electron chi connectivity index (χ1n) is 7.16. The third kappa shape index (κ3) is 4.71. The highest BCUT2D eigenvalue weighted by molar-refractivity contribution is 5.88. The van der Waals surface area contributed by atoms with Crippen molar-refractivity contribution in [3.8, 4) is 5.75 Å². The molecule has 0 aliphatic rings. The minimum atomic E-state index is -0.913.